The van der Waals surface area contributed by atoms with E-state index in [9.17, 15) is 21.8 Å². The number of aromatic amines is 1. The van der Waals surface area contributed by atoms with Crippen LogP contribution in [0, 0.1) is 17.5 Å². The number of rotatable bonds is 5. The van der Waals surface area contributed by atoms with Crippen molar-refractivity contribution in [3.63, 3.8) is 0 Å². The summed E-state index contributed by atoms with van der Waals surface area (Å²) in [6, 6.07) is 2.89. The van der Waals surface area contributed by atoms with Crippen LogP contribution < -0.4 is 5.32 Å². The second-order valence-corrected chi connectivity index (χ2v) is 9.52. The standard InChI is InChI=1S/C16H14ClF4N5OS2/c1-7-14(29(2,22)27)26-13(23-7)12(8-3-4-10(18)9(17)5-8)25-15-24-11(6-28-15)16(19,20)21/h3-6,12,22H,1-2H3,(H,23,26)(H,24,25)/t12?,29-/m1/s1. The lowest BCUT2D eigenvalue weighted by molar-refractivity contribution is -0.140. The highest BCUT2D eigenvalue weighted by atomic mass is 35.5. The predicted octanol–water partition coefficient (Wildman–Crippen LogP) is 5.22. The second kappa shape index (κ2) is 7.58. The normalized spacial score (nSPS) is 15.1. The van der Waals surface area contributed by atoms with E-state index in [0.717, 1.165) is 22.8 Å². The van der Waals surface area contributed by atoms with Crippen molar-refractivity contribution < 1.29 is 21.8 Å². The number of hydrogen-bond donors (Lipinski definition) is 3. The van der Waals surface area contributed by atoms with E-state index in [-0.39, 0.29) is 21.0 Å². The fraction of sp³-hybridized carbons (Fsp3) is 0.250. The number of thiazole rings is 1. The molecule has 156 valence electrons. The van der Waals surface area contributed by atoms with Crippen LogP contribution in [0.1, 0.15) is 28.8 Å². The zero-order valence-electron chi connectivity index (χ0n) is 14.9. The van der Waals surface area contributed by atoms with Gasteiger partial charge in [0.1, 0.15) is 17.7 Å². The molecule has 0 radical (unpaired) electrons. The van der Waals surface area contributed by atoms with Crippen molar-refractivity contribution in [2.75, 3.05) is 11.6 Å². The number of hydrogen-bond acceptors (Lipinski definition) is 6. The lowest BCUT2D eigenvalue weighted by Crippen LogP contribution is -2.15. The van der Waals surface area contributed by atoms with Crippen molar-refractivity contribution in [3.8, 4) is 0 Å². The Kier molecular flexibility index (Phi) is 5.62. The maximum Gasteiger partial charge on any atom is 0.434 e. The second-order valence-electron chi connectivity index (χ2n) is 6.18. The van der Waals surface area contributed by atoms with Crippen molar-refractivity contribution >= 4 is 37.8 Å². The Morgan fingerprint density at radius 1 is 1.34 bits per heavy atom. The van der Waals surface area contributed by atoms with Gasteiger partial charge in [-0.15, -0.1) is 11.3 Å². The van der Waals surface area contributed by atoms with Gasteiger partial charge in [0, 0.05) is 17.3 Å². The first-order chi connectivity index (χ1) is 13.4. The zero-order valence-corrected chi connectivity index (χ0v) is 17.3. The lowest BCUT2D eigenvalue weighted by Gasteiger charge is -2.17. The van der Waals surface area contributed by atoms with Gasteiger partial charge in [-0.1, -0.05) is 17.7 Å². The van der Waals surface area contributed by atoms with Crippen molar-refractivity contribution in [2.45, 2.75) is 24.2 Å². The van der Waals surface area contributed by atoms with Gasteiger partial charge < -0.3 is 10.3 Å². The molecule has 3 aromatic rings. The molecule has 13 heteroatoms. The summed E-state index contributed by atoms with van der Waals surface area (Å²) in [5.41, 5.74) is -0.300. The Balaban J connectivity index is 2.07. The van der Waals surface area contributed by atoms with E-state index >= 15 is 0 Å². The Bertz CT molecular complexity index is 1160. The van der Waals surface area contributed by atoms with Crippen LogP contribution in [-0.4, -0.2) is 25.4 Å². The minimum absolute atomic E-state index is 0.0163. The average molecular weight is 468 g/mol. The third kappa shape index (κ3) is 4.70. The first-order valence-electron chi connectivity index (χ1n) is 7.91. The van der Waals surface area contributed by atoms with Gasteiger partial charge in [0.25, 0.3) is 0 Å². The molecule has 0 spiro atoms. The molecule has 2 aromatic heterocycles. The monoisotopic (exact) mass is 467 g/mol. The quantitative estimate of drug-likeness (QED) is 0.448. The fourth-order valence-electron chi connectivity index (χ4n) is 2.58. The third-order valence-corrected chi connectivity index (χ3v) is 6.04. The summed E-state index contributed by atoms with van der Waals surface area (Å²) in [6.07, 6.45) is -3.40. The number of anilines is 1. The molecule has 0 amide bonds. The Hall–Kier alpha value is -2.18. The number of alkyl halides is 3. The largest absolute Gasteiger partial charge is 0.434 e. The summed E-state index contributed by atoms with van der Waals surface area (Å²) in [4.78, 5) is 10.6. The molecular weight excluding hydrogens is 454 g/mol. The van der Waals surface area contributed by atoms with Gasteiger partial charge in [0.15, 0.2) is 15.9 Å². The molecule has 1 aromatic carbocycles. The Labute approximate surface area is 172 Å². The van der Waals surface area contributed by atoms with E-state index in [4.69, 9.17) is 16.4 Å². The molecule has 0 saturated heterocycles. The van der Waals surface area contributed by atoms with Gasteiger partial charge >= 0.3 is 6.18 Å². The summed E-state index contributed by atoms with van der Waals surface area (Å²) in [5, 5.41) is 3.46. The topological polar surface area (TPSA) is 94.5 Å². The summed E-state index contributed by atoms with van der Waals surface area (Å²) < 4.78 is 72.0. The third-order valence-electron chi connectivity index (χ3n) is 3.84. The maximum atomic E-state index is 13.6. The van der Waals surface area contributed by atoms with E-state index in [1.54, 1.807) is 6.92 Å². The number of aromatic nitrogens is 3. The van der Waals surface area contributed by atoms with E-state index in [0.29, 0.717) is 11.3 Å². The predicted molar refractivity (Wildman–Crippen MR) is 102 cm³/mol. The molecular formula is C16H14ClF4N5OS2. The molecule has 2 atom stereocenters. The summed E-state index contributed by atoms with van der Waals surface area (Å²) in [6.45, 7) is 1.57. The molecule has 2 heterocycles. The van der Waals surface area contributed by atoms with Gasteiger partial charge in [-0.2, -0.15) is 13.2 Å². The van der Waals surface area contributed by atoms with E-state index in [2.05, 4.69) is 20.3 Å². The van der Waals surface area contributed by atoms with Crippen LogP contribution in [-0.2, 0) is 15.9 Å². The average Bonchev–Trinajstić information content (AvgIpc) is 3.21. The van der Waals surface area contributed by atoms with Gasteiger partial charge in [0.2, 0.25) is 0 Å². The molecule has 3 N–H and O–H groups in total. The molecule has 0 saturated carbocycles. The SMILES string of the molecule is Cc1[nH]c(C(Nc2nc(C(F)(F)F)cs2)c2ccc(F)c(Cl)c2)nc1[S@](C)(=N)=O. The van der Waals surface area contributed by atoms with Gasteiger partial charge in [-0.3, -0.25) is 0 Å². The van der Waals surface area contributed by atoms with Crippen LogP contribution in [0.5, 0.6) is 0 Å². The van der Waals surface area contributed by atoms with Crippen LogP contribution in [0.15, 0.2) is 28.6 Å². The first kappa shape index (κ1) is 21.5. The van der Waals surface area contributed by atoms with Gasteiger partial charge in [0.05, 0.1) is 14.8 Å². The van der Waals surface area contributed by atoms with Crippen molar-refractivity contribution in [3.05, 3.63) is 57.2 Å². The van der Waals surface area contributed by atoms with Crippen LogP contribution in [0.2, 0.25) is 5.02 Å². The Morgan fingerprint density at radius 3 is 2.55 bits per heavy atom. The molecule has 29 heavy (non-hydrogen) atoms. The lowest BCUT2D eigenvalue weighted by atomic mass is 10.1. The summed E-state index contributed by atoms with van der Waals surface area (Å²) in [7, 11) is -3.15. The van der Waals surface area contributed by atoms with E-state index in [1.807, 2.05) is 0 Å². The Morgan fingerprint density at radius 2 is 2.03 bits per heavy atom. The molecule has 0 aliphatic carbocycles. The summed E-state index contributed by atoms with van der Waals surface area (Å²) >= 11 is 6.58. The van der Waals surface area contributed by atoms with E-state index in [1.165, 1.54) is 18.4 Å². The molecule has 0 aliphatic heterocycles. The van der Waals surface area contributed by atoms with Crippen LogP contribution in [0.25, 0.3) is 0 Å². The smallest absolute Gasteiger partial charge is 0.348 e. The number of nitrogens with one attached hydrogen (secondary N) is 3. The van der Waals surface area contributed by atoms with Crippen LogP contribution in [0.3, 0.4) is 0 Å². The van der Waals surface area contributed by atoms with Gasteiger partial charge in [-0.25, -0.2) is 23.3 Å². The maximum absolute atomic E-state index is 13.6. The molecule has 0 fully saturated rings. The van der Waals surface area contributed by atoms with Crippen LogP contribution in [0.4, 0.5) is 22.7 Å². The van der Waals surface area contributed by atoms with Gasteiger partial charge in [-0.05, 0) is 24.6 Å². The van der Waals surface area contributed by atoms with Crippen molar-refractivity contribution in [2.24, 2.45) is 0 Å². The number of nitrogens with zero attached hydrogens (tertiary/aromatic N) is 2. The summed E-state index contributed by atoms with van der Waals surface area (Å²) in [5.74, 6) is -0.493. The highest BCUT2D eigenvalue weighted by molar-refractivity contribution is 7.91. The molecule has 3 rings (SSSR count). The molecule has 6 nitrogen and oxygen atoms in total. The molecule has 0 aliphatic rings. The minimum Gasteiger partial charge on any atom is -0.348 e. The fourth-order valence-corrected chi connectivity index (χ4v) is 4.42. The van der Waals surface area contributed by atoms with Crippen molar-refractivity contribution in [1.29, 1.82) is 4.78 Å². The minimum atomic E-state index is -4.60. The number of benzene rings is 1. The molecule has 0 bridgehead atoms. The highest BCUT2D eigenvalue weighted by Crippen LogP contribution is 2.34. The van der Waals surface area contributed by atoms with Crippen molar-refractivity contribution in [1.82, 2.24) is 15.0 Å². The highest BCUT2D eigenvalue weighted by Gasteiger charge is 2.34. The molecule has 1 unspecified atom stereocenters. The number of aryl methyl sites for hydroxylation is 1. The zero-order chi connectivity index (χ0) is 21.6. The number of imidazole rings is 1. The number of H-pyrrole nitrogens is 1. The van der Waals surface area contributed by atoms with Crippen LogP contribution >= 0.6 is 22.9 Å². The van der Waals surface area contributed by atoms with E-state index < -0.39 is 33.5 Å². The first-order valence-corrected chi connectivity index (χ1v) is 11.1. The number of halogens is 5.